The lowest BCUT2D eigenvalue weighted by molar-refractivity contribution is -0.137. The zero-order valence-electron chi connectivity index (χ0n) is 22.4. The highest BCUT2D eigenvalue weighted by atomic mass is 32.2. The van der Waals surface area contributed by atoms with Crippen LogP contribution in [-0.4, -0.2) is 71.6 Å². The van der Waals surface area contributed by atoms with Crippen molar-refractivity contribution >= 4 is 40.4 Å². The van der Waals surface area contributed by atoms with Gasteiger partial charge in [0, 0.05) is 71.4 Å². The van der Waals surface area contributed by atoms with Crippen LogP contribution in [0, 0.1) is 0 Å². The molecule has 41 heavy (non-hydrogen) atoms. The third kappa shape index (κ3) is 5.11. The van der Waals surface area contributed by atoms with Gasteiger partial charge in [0.25, 0.3) is 0 Å². The number of alkyl halides is 3. The van der Waals surface area contributed by atoms with Crippen molar-refractivity contribution in [3.63, 3.8) is 0 Å². The van der Waals surface area contributed by atoms with Gasteiger partial charge in [-0.2, -0.15) is 13.2 Å². The molecule has 2 N–H and O–H groups in total. The molecule has 7 nitrogen and oxygen atoms in total. The number of piperazine rings is 1. The molecule has 3 aromatic rings. The lowest BCUT2D eigenvalue weighted by Gasteiger charge is -2.49. The van der Waals surface area contributed by atoms with Crippen LogP contribution in [0.1, 0.15) is 41.2 Å². The maximum absolute atomic E-state index is 14.2. The molecule has 9 rings (SSSR count). The minimum Gasteiger partial charge on any atom is -0.378 e. The number of hydrogen-bond donors (Lipinski definition) is 2. The number of rotatable bonds is 6. The molecule has 1 saturated carbocycles. The first-order valence-corrected chi connectivity index (χ1v) is 16.1. The SMILES string of the molecule is FC(F)(F)c1cnc(Nc2ccc(N3CC4CC(C3)N4)cc2C2CC2)nc1-c1cc2c(s1)CN(C1COC1)CCS2. The molecule has 6 aliphatic rings. The fraction of sp³-hybridized carbons (Fsp3) is 0.517. The Morgan fingerprint density at radius 3 is 2.61 bits per heavy atom. The summed E-state index contributed by atoms with van der Waals surface area (Å²) in [7, 11) is 0. The molecular weight excluding hydrogens is 569 g/mol. The molecule has 1 aromatic carbocycles. The highest BCUT2D eigenvalue weighted by Crippen LogP contribution is 2.47. The van der Waals surface area contributed by atoms with Crippen molar-refractivity contribution < 1.29 is 17.9 Å². The second-order valence-electron chi connectivity index (χ2n) is 11.7. The maximum atomic E-state index is 14.2. The lowest BCUT2D eigenvalue weighted by atomic mass is 9.90. The van der Waals surface area contributed by atoms with Crippen LogP contribution in [0.15, 0.2) is 35.4 Å². The van der Waals surface area contributed by atoms with Crippen molar-refractivity contribution in [1.82, 2.24) is 20.2 Å². The quantitative estimate of drug-likeness (QED) is 0.374. The molecule has 0 radical (unpaired) electrons. The van der Waals surface area contributed by atoms with Gasteiger partial charge < -0.3 is 20.3 Å². The Labute approximate surface area is 244 Å². The molecule has 12 heteroatoms. The first-order chi connectivity index (χ1) is 19.9. The maximum Gasteiger partial charge on any atom is 0.420 e. The number of ether oxygens (including phenoxy) is 1. The molecule has 0 amide bonds. The van der Waals surface area contributed by atoms with E-state index in [2.05, 4.69) is 42.5 Å². The van der Waals surface area contributed by atoms with Gasteiger partial charge in [0.15, 0.2) is 0 Å². The zero-order valence-corrected chi connectivity index (χ0v) is 24.0. The predicted molar refractivity (Wildman–Crippen MR) is 155 cm³/mol. The summed E-state index contributed by atoms with van der Waals surface area (Å²) in [5, 5.41) is 6.88. The topological polar surface area (TPSA) is 65.6 Å². The van der Waals surface area contributed by atoms with E-state index in [1.165, 1.54) is 29.0 Å². The van der Waals surface area contributed by atoms with Gasteiger partial charge in [-0.05, 0) is 55.0 Å². The third-order valence-electron chi connectivity index (χ3n) is 8.80. The number of nitrogens with one attached hydrogen (secondary N) is 2. The molecule has 5 fully saturated rings. The summed E-state index contributed by atoms with van der Waals surface area (Å²) >= 11 is 3.12. The van der Waals surface area contributed by atoms with E-state index >= 15 is 0 Å². The smallest absolute Gasteiger partial charge is 0.378 e. The first kappa shape index (κ1) is 26.3. The Kier molecular flexibility index (Phi) is 6.48. The molecule has 1 aliphatic carbocycles. The zero-order chi connectivity index (χ0) is 27.7. The number of fused-ring (bicyclic) bond motifs is 3. The van der Waals surface area contributed by atoms with E-state index < -0.39 is 11.7 Å². The van der Waals surface area contributed by atoms with Crippen molar-refractivity contribution in [3.8, 4) is 10.6 Å². The number of piperidine rings is 1. The number of nitrogens with zero attached hydrogens (tertiary/aromatic N) is 4. The Morgan fingerprint density at radius 2 is 1.90 bits per heavy atom. The van der Waals surface area contributed by atoms with Gasteiger partial charge in [-0.15, -0.1) is 23.1 Å². The Bertz CT molecular complexity index is 1460. The van der Waals surface area contributed by atoms with Crippen LogP contribution in [0.2, 0.25) is 0 Å². The van der Waals surface area contributed by atoms with Gasteiger partial charge >= 0.3 is 6.18 Å². The summed E-state index contributed by atoms with van der Waals surface area (Å²) < 4.78 is 47.9. The van der Waals surface area contributed by atoms with E-state index in [1.807, 2.05) is 12.1 Å². The minimum absolute atomic E-state index is 0.0585. The van der Waals surface area contributed by atoms with Crippen LogP contribution < -0.4 is 15.5 Å². The minimum atomic E-state index is -4.55. The van der Waals surface area contributed by atoms with Gasteiger partial charge in [0.2, 0.25) is 5.95 Å². The lowest BCUT2D eigenvalue weighted by Crippen LogP contribution is -2.67. The molecule has 2 unspecified atom stereocenters. The molecule has 4 saturated heterocycles. The number of benzene rings is 1. The molecule has 2 aromatic heterocycles. The van der Waals surface area contributed by atoms with Gasteiger partial charge in [-0.1, -0.05) is 0 Å². The standard InChI is InChI=1S/C29H31F3N6OS2/c30-29(31,32)22-10-33-28(36-27(22)25-9-24-26(41-25)13-37(5-6-40-24)20-14-39-15-20)35-23-4-3-19(8-21(23)16-1-2-16)38-11-17-7-18(12-38)34-17/h3-4,8-10,16-18,20,34H,1-2,5-7,11-15H2,(H,33,35,36). The summed E-state index contributed by atoms with van der Waals surface area (Å²) in [5.74, 6) is 1.55. The van der Waals surface area contributed by atoms with E-state index in [-0.39, 0.29) is 11.6 Å². The molecule has 7 heterocycles. The van der Waals surface area contributed by atoms with E-state index in [9.17, 15) is 13.2 Å². The van der Waals surface area contributed by atoms with E-state index in [4.69, 9.17) is 4.74 Å². The van der Waals surface area contributed by atoms with E-state index in [0.717, 1.165) is 79.6 Å². The van der Waals surface area contributed by atoms with Gasteiger partial charge in [0.1, 0.15) is 5.56 Å². The highest BCUT2D eigenvalue weighted by molar-refractivity contribution is 7.99. The van der Waals surface area contributed by atoms with Gasteiger partial charge in [0.05, 0.1) is 29.8 Å². The second-order valence-corrected chi connectivity index (χ2v) is 14.0. The van der Waals surface area contributed by atoms with E-state index in [0.29, 0.717) is 28.9 Å². The largest absolute Gasteiger partial charge is 0.420 e. The first-order valence-electron chi connectivity index (χ1n) is 14.3. The Balaban J connectivity index is 1.10. The van der Waals surface area contributed by atoms with Gasteiger partial charge in [-0.25, -0.2) is 9.97 Å². The number of thiophene rings is 1. The van der Waals surface area contributed by atoms with Crippen LogP contribution in [0.25, 0.3) is 10.6 Å². The summed E-state index contributed by atoms with van der Waals surface area (Å²) in [5.41, 5.74) is 2.42. The van der Waals surface area contributed by atoms with Crippen LogP contribution >= 0.6 is 23.1 Å². The number of halogens is 3. The summed E-state index contributed by atoms with van der Waals surface area (Å²) in [6.07, 6.45) is -0.140. The number of hydrogen-bond acceptors (Lipinski definition) is 9. The average molecular weight is 601 g/mol. The van der Waals surface area contributed by atoms with Crippen LogP contribution in [0.3, 0.4) is 0 Å². The third-order valence-corrected chi connectivity index (χ3v) is 11.1. The summed E-state index contributed by atoms with van der Waals surface area (Å²) in [4.78, 5) is 16.1. The van der Waals surface area contributed by atoms with Crippen molar-refractivity contribution in [1.29, 1.82) is 0 Å². The molecule has 0 spiro atoms. The van der Waals surface area contributed by atoms with Crippen LogP contribution in [0.5, 0.6) is 0 Å². The van der Waals surface area contributed by atoms with Crippen LogP contribution in [-0.2, 0) is 17.5 Å². The molecule has 216 valence electrons. The number of thioether (sulfide) groups is 1. The summed E-state index contributed by atoms with van der Waals surface area (Å²) in [6.45, 7) is 5.13. The second kappa shape index (κ2) is 10.1. The number of anilines is 3. The Morgan fingerprint density at radius 1 is 1.10 bits per heavy atom. The average Bonchev–Trinajstić information content (AvgIpc) is 3.71. The van der Waals surface area contributed by atoms with Crippen molar-refractivity contribution in [2.75, 3.05) is 48.8 Å². The van der Waals surface area contributed by atoms with Crippen LogP contribution in [0.4, 0.5) is 30.5 Å². The monoisotopic (exact) mass is 600 g/mol. The van der Waals surface area contributed by atoms with Crippen molar-refractivity contribution in [3.05, 3.63) is 46.5 Å². The van der Waals surface area contributed by atoms with Crippen molar-refractivity contribution in [2.24, 2.45) is 0 Å². The normalized spacial score (nSPS) is 24.8. The molecule has 2 bridgehead atoms. The summed E-state index contributed by atoms with van der Waals surface area (Å²) in [6, 6.07) is 9.80. The Hall–Kier alpha value is -2.38. The van der Waals surface area contributed by atoms with Crippen molar-refractivity contribution in [2.45, 2.75) is 60.9 Å². The fourth-order valence-corrected chi connectivity index (χ4v) is 8.75. The number of aromatic nitrogens is 2. The molecule has 5 aliphatic heterocycles. The highest BCUT2D eigenvalue weighted by Gasteiger charge is 2.38. The van der Waals surface area contributed by atoms with E-state index in [1.54, 1.807) is 11.8 Å². The van der Waals surface area contributed by atoms with Gasteiger partial charge in [-0.3, -0.25) is 4.90 Å². The fourth-order valence-electron chi connectivity index (χ4n) is 6.32. The molecule has 2 atom stereocenters. The molecular formula is C29H31F3N6OS2. The predicted octanol–water partition coefficient (Wildman–Crippen LogP) is 5.70.